The van der Waals surface area contributed by atoms with Gasteiger partial charge in [-0.2, -0.15) is 0 Å². The molecule has 2 unspecified atom stereocenters. The summed E-state index contributed by atoms with van der Waals surface area (Å²) in [6.45, 7) is 0.917. The zero-order valence-corrected chi connectivity index (χ0v) is 11.6. The molecule has 7 heteroatoms. The molecule has 0 radical (unpaired) electrons. The average Bonchev–Trinajstić information content (AvgIpc) is 2.94. The SMILES string of the molecule is O=S1(=O)CCCC1Cc1nnc2n1CCCC2CO. The highest BCUT2D eigenvalue weighted by Crippen LogP contribution is 2.28. The van der Waals surface area contributed by atoms with Gasteiger partial charge < -0.3 is 9.67 Å². The number of aliphatic hydroxyl groups is 1. The van der Waals surface area contributed by atoms with Gasteiger partial charge in [0, 0.05) is 18.9 Å². The molecule has 0 spiro atoms. The molecule has 3 rings (SSSR count). The van der Waals surface area contributed by atoms with Crippen molar-refractivity contribution in [3.63, 3.8) is 0 Å². The lowest BCUT2D eigenvalue weighted by molar-refractivity contribution is 0.237. The Labute approximate surface area is 112 Å². The van der Waals surface area contributed by atoms with E-state index in [0.717, 1.165) is 43.9 Å². The molecule has 1 N–H and O–H groups in total. The minimum atomic E-state index is -2.94. The highest BCUT2D eigenvalue weighted by atomic mass is 32.2. The first-order valence-corrected chi connectivity index (χ1v) is 8.58. The van der Waals surface area contributed by atoms with Gasteiger partial charge in [-0.1, -0.05) is 0 Å². The topological polar surface area (TPSA) is 85.1 Å². The summed E-state index contributed by atoms with van der Waals surface area (Å²) in [5.41, 5.74) is 0. The second-order valence-corrected chi connectivity index (χ2v) is 7.88. The van der Waals surface area contributed by atoms with Crippen LogP contribution < -0.4 is 0 Å². The Bertz CT molecular complexity index is 567. The van der Waals surface area contributed by atoms with Crippen LogP contribution in [0.4, 0.5) is 0 Å². The molecule has 19 heavy (non-hydrogen) atoms. The smallest absolute Gasteiger partial charge is 0.153 e. The van der Waals surface area contributed by atoms with Crippen LogP contribution in [0, 0.1) is 0 Å². The first-order chi connectivity index (χ1) is 9.12. The van der Waals surface area contributed by atoms with Crippen molar-refractivity contribution in [2.24, 2.45) is 0 Å². The summed E-state index contributed by atoms with van der Waals surface area (Å²) in [6.07, 6.45) is 3.87. The Hall–Kier alpha value is -0.950. The van der Waals surface area contributed by atoms with E-state index in [1.807, 2.05) is 4.57 Å². The van der Waals surface area contributed by atoms with Crippen molar-refractivity contribution in [1.82, 2.24) is 14.8 Å². The lowest BCUT2D eigenvalue weighted by atomic mass is 10.00. The molecule has 1 aromatic rings. The largest absolute Gasteiger partial charge is 0.396 e. The van der Waals surface area contributed by atoms with Gasteiger partial charge in [0.25, 0.3) is 0 Å². The lowest BCUT2D eigenvalue weighted by Gasteiger charge is -2.22. The fourth-order valence-corrected chi connectivity index (χ4v) is 4.97. The molecule has 0 amide bonds. The highest BCUT2D eigenvalue weighted by Gasteiger charge is 2.34. The van der Waals surface area contributed by atoms with Crippen LogP contribution in [0.5, 0.6) is 0 Å². The molecule has 1 saturated heterocycles. The van der Waals surface area contributed by atoms with Crippen molar-refractivity contribution in [1.29, 1.82) is 0 Å². The van der Waals surface area contributed by atoms with Crippen molar-refractivity contribution in [2.45, 2.75) is 49.8 Å². The van der Waals surface area contributed by atoms with Crippen LogP contribution in [-0.4, -0.2) is 45.9 Å². The molecule has 1 fully saturated rings. The molecule has 1 aromatic heterocycles. The molecule has 0 bridgehead atoms. The van der Waals surface area contributed by atoms with Crippen LogP contribution in [0.1, 0.15) is 43.3 Å². The van der Waals surface area contributed by atoms with E-state index in [4.69, 9.17) is 0 Å². The van der Waals surface area contributed by atoms with Crippen LogP contribution in [0.3, 0.4) is 0 Å². The average molecular weight is 285 g/mol. The van der Waals surface area contributed by atoms with E-state index in [0.29, 0.717) is 12.2 Å². The van der Waals surface area contributed by atoms with Crippen molar-refractivity contribution in [3.05, 3.63) is 11.6 Å². The van der Waals surface area contributed by atoms with Crippen LogP contribution in [0.2, 0.25) is 0 Å². The summed E-state index contributed by atoms with van der Waals surface area (Å²) in [5.74, 6) is 1.94. The fraction of sp³-hybridized carbons (Fsp3) is 0.833. The maximum atomic E-state index is 11.9. The first-order valence-electron chi connectivity index (χ1n) is 6.86. The maximum Gasteiger partial charge on any atom is 0.153 e. The van der Waals surface area contributed by atoms with Gasteiger partial charge in [0.15, 0.2) is 9.84 Å². The van der Waals surface area contributed by atoms with Crippen molar-refractivity contribution in [3.8, 4) is 0 Å². The third kappa shape index (κ3) is 2.29. The van der Waals surface area contributed by atoms with Crippen molar-refractivity contribution >= 4 is 9.84 Å². The summed E-state index contributed by atoms with van der Waals surface area (Å²) >= 11 is 0. The Morgan fingerprint density at radius 2 is 2.11 bits per heavy atom. The molecule has 2 aliphatic rings. The molecule has 0 aliphatic carbocycles. The Kier molecular flexibility index (Phi) is 3.34. The minimum Gasteiger partial charge on any atom is -0.396 e. The summed E-state index contributed by atoms with van der Waals surface area (Å²) in [5, 5.41) is 17.4. The summed E-state index contributed by atoms with van der Waals surface area (Å²) in [7, 11) is -2.94. The number of sulfone groups is 1. The van der Waals surface area contributed by atoms with Gasteiger partial charge in [0.1, 0.15) is 11.6 Å². The van der Waals surface area contributed by atoms with Crippen LogP contribution in [0.15, 0.2) is 0 Å². The summed E-state index contributed by atoms with van der Waals surface area (Å²) in [6, 6.07) is 0. The van der Waals surface area contributed by atoms with Gasteiger partial charge in [-0.15, -0.1) is 10.2 Å². The quantitative estimate of drug-likeness (QED) is 0.861. The fourth-order valence-electron chi connectivity index (χ4n) is 3.13. The number of hydrogen-bond acceptors (Lipinski definition) is 5. The van der Waals surface area contributed by atoms with Gasteiger partial charge in [-0.05, 0) is 25.7 Å². The van der Waals surface area contributed by atoms with Gasteiger partial charge in [-0.3, -0.25) is 0 Å². The minimum absolute atomic E-state index is 0.0511. The predicted molar refractivity (Wildman–Crippen MR) is 69.6 cm³/mol. The molecule has 0 aromatic carbocycles. The number of aliphatic hydroxyl groups excluding tert-OH is 1. The normalized spacial score (nSPS) is 29.3. The third-order valence-corrected chi connectivity index (χ3v) is 6.52. The number of fused-ring (bicyclic) bond motifs is 1. The zero-order chi connectivity index (χ0) is 13.5. The predicted octanol–water partition coefficient (Wildman–Crippen LogP) is 0.267. The highest BCUT2D eigenvalue weighted by molar-refractivity contribution is 7.92. The van der Waals surface area contributed by atoms with Crippen LogP contribution in [0.25, 0.3) is 0 Å². The molecule has 2 atom stereocenters. The molecule has 6 nitrogen and oxygen atoms in total. The van der Waals surface area contributed by atoms with E-state index in [9.17, 15) is 13.5 Å². The van der Waals surface area contributed by atoms with Gasteiger partial charge in [-0.25, -0.2) is 8.42 Å². The molecule has 106 valence electrons. The molecular formula is C12H19N3O3S. The summed E-state index contributed by atoms with van der Waals surface area (Å²) in [4.78, 5) is 0. The monoisotopic (exact) mass is 285 g/mol. The number of hydrogen-bond donors (Lipinski definition) is 1. The van der Waals surface area contributed by atoms with E-state index < -0.39 is 9.84 Å². The first kappa shape index (κ1) is 13.1. The Balaban J connectivity index is 1.85. The van der Waals surface area contributed by atoms with E-state index in [1.54, 1.807) is 0 Å². The second kappa shape index (κ2) is 4.86. The van der Waals surface area contributed by atoms with E-state index in [1.165, 1.54) is 0 Å². The van der Waals surface area contributed by atoms with Crippen molar-refractivity contribution < 1.29 is 13.5 Å². The van der Waals surface area contributed by atoms with Crippen LogP contribution in [-0.2, 0) is 22.8 Å². The number of rotatable bonds is 3. The van der Waals surface area contributed by atoms with Crippen molar-refractivity contribution in [2.75, 3.05) is 12.4 Å². The zero-order valence-electron chi connectivity index (χ0n) is 10.8. The van der Waals surface area contributed by atoms with E-state index in [2.05, 4.69) is 10.2 Å². The summed E-state index contributed by atoms with van der Waals surface area (Å²) < 4.78 is 25.8. The molecule has 0 saturated carbocycles. The molecular weight excluding hydrogens is 266 g/mol. The van der Waals surface area contributed by atoms with E-state index >= 15 is 0 Å². The standard InChI is InChI=1S/C12H19N3O3S/c16-8-9-3-1-5-15-11(13-14-12(9)15)7-10-4-2-6-19(10,17)18/h9-10,16H,1-8H2. The van der Waals surface area contributed by atoms with Crippen LogP contribution >= 0.6 is 0 Å². The van der Waals surface area contributed by atoms with Gasteiger partial charge in [0.05, 0.1) is 17.6 Å². The van der Waals surface area contributed by atoms with Gasteiger partial charge in [0.2, 0.25) is 0 Å². The molecule has 3 heterocycles. The second-order valence-electron chi connectivity index (χ2n) is 5.48. The molecule has 2 aliphatic heterocycles. The van der Waals surface area contributed by atoms with E-state index in [-0.39, 0.29) is 17.8 Å². The lowest BCUT2D eigenvalue weighted by Crippen LogP contribution is -2.24. The van der Waals surface area contributed by atoms with Gasteiger partial charge >= 0.3 is 0 Å². The maximum absolute atomic E-state index is 11.9. The Morgan fingerprint density at radius 3 is 2.79 bits per heavy atom. The number of nitrogens with zero attached hydrogens (tertiary/aromatic N) is 3. The Morgan fingerprint density at radius 1 is 1.26 bits per heavy atom. The third-order valence-electron chi connectivity index (χ3n) is 4.25. The number of aromatic nitrogens is 3.